The second-order valence-electron chi connectivity index (χ2n) is 6.56. The van der Waals surface area contributed by atoms with Crippen LogP contribution in [0.15, 0.2) is 41.4 Å². The average Bonchev–Trinajstić information content (AvgIpc) is 3.00. The number of hydrogen-bond acceptors (Lipinski definition) is 7. The standard InChI is InChI=1S/C19H19N5O2S/c20-14-3-1-12(2-4-14)13-6-9-24(10-7-13)18-21-8-5-15(22-18)11-16-17(25)23-19(26)27-16/h1-5,8,11,13H,6-7,9-10,20H2,(H,23,25,26)/b16-11-. The number of imide groups is 1. The van der Waals surface area contributed by atoms with Crippen LogP contribution in [0.25, 0.3) is 6.08 Å². The van der Waals surface area contributed by atoms with Crippen molar-refractivity contribution in [1.82, 2.24) is 15.3 Å². The lowest BCUT2D eigenvalue weighted by molar-refractivity contribution is -0.115. The van der Waals surface area contributed by atoms with Crippen molar-refractivity contribution < 1.29 is 9.59 Å². The Hall–Kier alpha value is -2.87. The smallest absolute Gasteiger partial charge is 0.290 e. The molecule has 0 bridgehead atoms. The number of anilines is 2. The van der Waals surface area contributed by atoms with Crippen LogP contribution in [0.1, 0.15) is 30.0 Å². The highest BCUT2D eigenvalue weighted by atomic mass is 32.2. The molecule has 2 aliphatic rings. The molecule has 3 heterocycles. The van der Waals surface area contributed by atoms with Crippen molar-refractivity contribution in [3.63, 3.8) is 0 Å². The van der Waals surface area contributed by atoms with Crippen LogP contribution >= 0.6 is 11.8 Å². The van der Waals surface area contributed by atoms with Gasteiger partial charge in [-0.1, -0.05) is 12.1 Å². The van der Waals surface area contributed by atoms with Gasteiger partial charge in [-0.25, -0.2) is 9.97 Å². The largest absolute Gasteiger partial charge is 0.399 e. The number of nitrogens with one attached hydrogen (secondary N) is 1. The third-order valence-electron chi connectivity index (χ3n) is 4.77. The molecule has 3 N–H and O–H groups in total. The van der Waals surface area contributed by atoms with Gasteiger partial charge in [0, 0.05) is 25.0 Å². The minimum Gasteiger partial charge on any atom is -0.399 e. The number of rotatable bonds is 3. The third kappa shape index (κ3) is 3.95. The van der Waals surface area contributed by atoms with E-state index in [1.165, 1.54) is 5.56 Å². The van der Waals surface area contributed by atoms with Crippen molar-refractivity contribution in [3.8, 4) is 0 Å². The normalized spacial score (nSPS) is 19.6. The van der Waals surface area contributed by atoms with Gasteiger partial charge in [-0.3, -0.25) is 14.9 Å². The van der Waals surface area contributed by atoms with Crippen molar-refractivity contribution in [2.45, 2.75) is 18.8 Å². The molecule has 0 atom stereocenters. The van der Waals surface area contributed by atoms with Gasteiger partial charge >= 0.3 is 0 Å². The Labute approximate surface area is 161 Å². The third-order valence-corrected chi connectivity index (χ3v) is 5.58. The molecule has 8 heteroatoms. The SMILES string of the molecule is Nc1ccc(C2CCN(c3nccc(/C=C4\SC(=O)NC4=O)n3)CC2)cc1. The van der Waals surface area contributed by atoms with E-state index in [-0.39, 0.29) is 11.1 Å². The number of benzene rings is 1. The molecule has 138 valence electrons. The summed E-state index contributed by atoms with van der Waals surface area (Å²) in [6, 6.07) is 9.83. The molecule has 2 aliphatic heterocycles. The molecule has 0 aliphatic carbocycles. The number of hydrogen-bond donors (Lipinski definition) is 2. The first-order valence-corrected chi connectivity index (χ1v) is 9.58. The average molecular weight is 381 g/mol. The molecule has 2 saturated heterocycles. The van der Waals surface area contributed by atoms with E-state index in [4.69, 9.17) is 5.73 Å². The summed E-state index contributed by atoms with van der Waals surface area (Å²) >= 11 is 0.887. The number of nitrogens with two attached hydrogens (primary N) is 1. The highest BCUT2D eigenvalue weighted by molar-refractivity contribution is 8.18. The topological polar surface area (TPSA) is 101 Å². The van der Waals surface area contributed by atoms with Crippen LogP contribution < -0.4 is 16.0 Å². The second kappa shape index (κ2) is 7.40. The molecular weight excluding hydrogens is 362 g/mol. The maximum absolute atomic E-state index is 11.7. The molecule has 27 heavy (non-hydrogen) atoms. The first-order chi connectivity index (χ1) is 13.1. The van der Waals surface area contributed by atoms with Crippen molar-refractivity contribution in [3.05, 3.63) is 52.7 Å². The zero-order valence-electron chi connectivity index (χ0n) is 14.6. The Morgan fingerprint density at radius 3 is 2.56 bits per heavy atom. The molecule has 2 amide bonds. The summed E-state index contributed by atoms with van der Waals surface area (Å²) in [5, 5.41) is 1.89. The van der Waals surface area contributed by atoms with E-state index in [1.54, 1.807) is 18.3 Å². The molecular formula is C19H19N5O2S. The zero-order chi connectivity index (χ0) is 18.8. The molecule has 0 unspecified atom stereocenters. The number of carbonyl (C=O) groups excluding carboxylic acids is 2. The summed E-state index contributed by atoms with van der Waals surface area (Å²) in [5.74, 6) is 0.779. The van der Waals surface area contributed by atoms with E-state index in [2.05, 4.69) is 32.3 Å². The fraction of sp³-hybridized carbons (Fsp3) is 0.263. The summed E-state index contributed by atoms with van der Waals surface area (Å²) in [6.07, 6.45) is 5.34. The molecule has 1 aromatic heterocycles. The highest BCUT2D eigenvalue weighted by Gasteiger charge is 2.26. The van der Waals surface area contributed by atoms with Gasteiger partial charge < -0.3 is 10.6 Å². The Balaban J connectivity index is 1.44. The fourth-order valence-corrected chi connectivity index (χ4v) is 4.00. The van der Waals surface area contributed by atoms with E-state index in [0.29, 0.717) is 22.5 Å². The molecule has 1 aromatic carbocycles. The van der Waals surface area contributed by atoms with E-state index in [1.807, 2.05) is 12.1 Å². The molecule has 7 nitrogen and oxygen atoms in total. The lowest BCUT2D eigenvalue weighted by Crippen LogP contribution is -2.34. The lowest BCUT2D eigenvalue weighted by atomic mass is 9.89. The fourth-order valence-electron chi connectivity index (χ4n) is 3.33. The molecule has 4 rings (SSSR count). The van der Waals surface area contributed by atoms with Crippen molar-refractivity contribution in [1.29, 1.82) is 0 Å². The predicted octanol–water partition coefficient (Wildman–Crippen LogP) is 2.77. The second-order valence-corrected chi connectivity index (χ2v) is 7.58. The van der Waals surface area contributed by atoms with E-state index < -0.39 is 0 Å². The van der Waals surface area contributed by atoms with Gasteiger partial charge in [0.1, 0.15) is 0 Å². The quantitative estimate of drug-likeness (QED) is 0.623. The lowest BCUT2D eigenvalue weighted by Gasteiger charge is -2.32. The summed E-state index contributed by atoms with van der Waals surface area (Å²) in [6.45, 7) is 1.73. The number of amides is 2. The molecule has 0 saturated carbocycles. The zero-order valence-corrected chi connectivity index (χ0v) is 15.4. The van der Waals surface area contributed by atoms with Gasteiger partial charge in [0.25, 0.3) is 11.1 Å². The van der Waals surface area contributed by atoms with Crippen LogP contribution in [0, 0.1) is 0 Å². The molecule has 0 radical (unpaired) electrons. The number of nitrogen functional groups attached to an aromatic ring is 1. The van der Waals surface area contributed by atoms with Crippen LogP contribution in [0.3, 0.4) is 0 Å². The van der Waals surface area contributed by atoms with Gasteiger partial charge in [-0.15, -0.1) is 0 Å². The number of thioether (sulfide) groups is 1. The van der Waals surface area contributed by atoms with Crippen LogP contribution in [0.4, 0.5) is 16.4 Å². The number of carbonyl (C=O) groups is 2. The number of nitrogens with zero attached hydrogens (tertiary/aromatic N) is 3. The van der Waals surface area contributed by atoms with E-state index >= 15 is 0 Å². The minimum atomic E-state index is -0.380. The first-order valence-electron chi connectivity index (χ1n) is 8.77. The Kier molecular flexibility index (Phi) is 4.81. The summed E-state index contributed by atoms with van der Waals surface area (Å²) < 4.78 is 0. The predicted molar refractivity (Wildman–Crippen MR) is 106 cm³/mol. The Bertz CT molecular complexity index is 905. The first kappa shape index (κ1) is 17.5. The van der Waals surface area contributed by atoms with Gasteiger partial charge in [-0.05, 0) is 60.4 Å². The Morgan fingerprint density at radius 1 is 1.15 bits per heavy atom. The molecule has 2 fully saturated rings. The van der Waals surface area contributed by atoms with Crippen molar-refractivity contribution in [2.75, 3.05) is 23.7 Å². The molecule has 2 aromatic rings. The van der Waals surface area contributed by atoms with Gasteiger partial charge in [0.05, 0.1) is 10.6 Å². The van der Waals surface area contributed by atoms with E-state index in [9.17, 15) is 9.59 Å². The van der Waals surface area contributed by atoms with Crippen molar-refractivity contribution >= 4 is 40.6 Å². The molecule has 0 spiro atoms. The minimum absolute atomic E-state index is 0.353. The Morgan fingerprint density at radius 2 is 1.89 bits per heavy atom. The van der Waals surface area contributed by atoms with Gasteiger partial charge in [0.2, 0.25) is 5.95 Å². The van der Waals surface area contributed by atoms with Crippen LogP contribution in [0.2, 0.25) is 0 Å². The maximum atomic E-state index is 11.7. The number of aromatic nitrogens is 2. The highest BCUT2D eigenvalue weighted by Crippen LogP contribution is 2.30. The summed E-state index contributed by atoms with van der Waals surface area (Å²) in [5.41, 5.74) is 8.49. The van der Waals surface area contributed by atoms with Gasteiger partial charge in [0.15, 0.2) is 0 Å². The van der Waals surface area contributed by atoms with Crippen molar-refractivity contribution in [2.24, 2.45) is 0 Å². The van der Waals surface area contributed by atoms with Gasteiger partial charge in [-0.2, -0.15) is 0 Å². The van der Waals surface area contributed by atoms with E-state index in [0.717, 1.165) is 43.4 Å². The maximum Gasteiger partial charge on any atom is 0.290 e. The monoisotopic (exact) mass is 381 g/mol. The van der Waals surface area contributed by atoms with Crippen LogP contribution in [-0.4, -0.2) is 34.2 Å². The van der Waals surface area contributed by atoms with Crippen LogP contribution in [0.5, 0.6) is 0 Å². The summed E-state index contributed by atoms with van der Waals surface area (Å²) in [4.78, 5) is 34.4. The summed E-state index contributed by atoms with van der Waals surface area (Å²) in [7, 11) is 0. The number of piperidine rings is 1. The van der Waals surface area contributed by atoms with Crippen LogP contribution in [-0.2, 0) is 4.79 Å².